The number of carbonyl (C=O) groups is 3. The molecule has 4 rings (SSSR count). The lowest BCUT2D eigenvalue weighted by atomic mass is 9.97. The summed E-state index contributed by atoms with van der Waals surface area (Å²) in [5.74, 6) is -1.56. The molecule has 0 bridgehead atoms. The van der Waals surface area contributed by atoms with Gasteiger partial charge in [0.1, 0.15) is 6.07 Å². The monoisotopic (exact) mass is 380 g/mol. The minimum Gasteiger partial charge on any atom is -0.424 e. The van der Waals surface area contributed by atoms with Crippen LogP contribution in [0.25, 0.3) is 0 Å². The van der Waals surface area contributed by atoms with Gasteiger partial charge in [-0.1, -0.05) is 17.2 Å². The Hall–Kier alpha value is -3.67. The fraction of sp³-hybridized carbons (Fsp3) is 0.316. The van der Waals surface area contributed by atoms with E-state index in [4.69, 9.17) is 14.5 Å². The summed E-state index contributed by atoms with van der Waals surface area (Å²) in [7, 11) is 0. The van der Waals surface area contributed by atoms with Gasteiger partial charge in [0.05, 0.1) is 17.0 Å². The lowest BCUT2D eigenvalue weighted by Gasteiger charge is -2.30. The van der Waals surface area contributed by atoms with E-state index in [1.54, 1.807) is 19.1 Å². The number of fused-ring (bicyclic) bond motifs is 1. The molecule has 2 aromatic rings. The van der Waals surface area contributed by atoms with Crippen molar-refractivity contribution in [2.45, 2.75) is 19.8 Å². The predicted octanol–water partition coefficient (Wildman–Crippen LogP) is 1.83. The van der Waals surface area contributed by atoms with Crippen LogP contribution in [0.15, 0.2) is 28.7 Å². The zero-order valence-electron chi connectivity index (χ0n) is 15.0. The first kappa shape index (κ1) is 17.7. The van der Waals surface area contributed by atoms with Crippen molar-refractivity contribution in [1.82, 2.24) is 10.0 Å². The highest BCUT2D eigenvalue weighted by Crippen LogP contribution is 2.29. The topological polar surface area (TPSA) is 117 Å². The summed E-state index contributed by atoms with van der Waals surface area (Å²) in [5, 5.41) is 9.68. The molecular formula is C19H16N4O5. The van der Waals surface area contributed by atoms with Gasteiger partial charge in [-0.05, 0) is 25.0 Å². The molecule has 0 N–H and O–H groups in total. The van der Waals surface area contributed by atoms with Gasteiger partial charge in [-0.25, -0.2) is 9.78 Å². The van der Waals surface area contributed by atoms with Crippen LogP contribution in [0.3, 0.4) is 0 Å². The van der Waals surface area contributed by atoms with Gasteiger partial charge < -0.3 is 14.2 Å². The highest BCUT2D eigenvalue weighted by Gasteiger charge is 2.40. The first-order valence-electron chi connectivity index (χ1n) is 8.81. The number of benzene rings is 1. The number of carbonyl (C=O) groups excluding carboxylic acids is 3. The molecular weight excluding hydrogens is 364 g/mol. The highest BCUT2D eigenvalue weighted by atomic mass is 16.7. The van der Waals surface area contributed by atoms with Crippen LogP contribution >= 0.6 is 0 Å². The number of oxazole rings is 1. The number of hydrogen-bond acceptors (Lipinski definition) is 8. The van der Waals surface area contributed by atoms with Gasteiger partial charge in [-0.3, -0.25) is 9.59 Å². The van der Waals surface area contributed by atoms with Crippen LogP contribution in [-0.2, 0) is 9.63 Å². The molecule has 1 aromatic carbocycles. The molecule has 0 atom stereocenters. The average molecular weight is 380 g/mol. The molecule has 1 fully saturated rings. The van der Waals surface area contributed by atoms with Crippen molar-refractivity contribution >= 4 is 23.7 Å². The van der Waals surface area contributed by atoms with E-state index in [0.29, 0.717) is 42.8 Å². The van der Waals surface area contributed by atoms with E-state index in [1.807, 2.05) is 11.0 Å². The third-order valence-electron chi connectivity index (χ3n) is 4.88. The number of anilines is 1. The van der Waals surface area contributed by atoms with Gasteiger partial charge in [0.25, 0.3) is 11.8 Å². The van der Waals surface area contributed by atoms with E-state index in [9.17, 15) is 14.4 Å². The number of aryl methyl sites for hydroxylation is 1. The van der Waals surface area contributed by atoms with Gasteiger partial charge in [0.15, 0.2) is 5.89 Å². The molecule has 2 aliphatic rings. The van der Waals surface area contributed by atoms with E-state index < -0.39 is 23.7 Å². The van der Waals surface area contributed by atoms with Crippen LogP contribution in [0.1, 0.15) is 45.1 Å². The number of aromatic nitrogens is 1. The molecule has 0 spiro atoms. The summed E-state index contributed by atoms with van der Waals surface area (Å²) in [6, 6.07) is 8.33. The summed E-state index contributed by atoms with van der Waals surface area (Å²) in [6.07, 6.45) is 0.874. The van der Waals surface area contributed by atoms with Crippen molar-refractivity contribution in [2.75, 3.05) is 18.0 Å². The number of amides is 2. The van der Waals surface area contributed by atoms with Crippen LogP contribution in [-0.4, -0.2) is 40.9 Å². The maximum absolute atomic E-state index is 12.5. The van der Waals surface area contributed by atoms with Crippen molar-refractivity contribution in [2.24, 2.45) is 5.92 Å². The van der Waals surface area contributed by atoms with E-state index in [-0.39, 0.29) is 16.8 Å². The number of rotatable bonds is 3. The SMILES string of the molecule is Cc1nc(C#N)c(N2CCC(C(=O)ON3C(=O)c4ccccc4C3=O)CC2)o1. The summed E-state index contributed by atoms with van der Waals surface area (Å²) in [5.41, 5.74) is 0.657. The summed E-state index contributed by atoms with van der Waals surface area (Å²) < 4.78 is 5.49. The molecule has 142 valence electrons. The Morgan fingerprint density at radius 2 is 1.82 bits per heavy atom. The van der Waals surface area contributed by atoms with Crippen molar-refractivity contribution in [1.29, 1.82) is 5.26 Å². The van der Waals surface area contributed by atoms with Crippen LogP contribution in [0.4, 0.5) is 5.88 Å². The molecule has 0 radical (unpaired) electrons. The number of nitrogens with zero attached hydrogens (tertiary/aromatic N) is 4. The van der Waals surface area contributed by atoms with Crippen LogP contribution in [0.2, 0.25) is 0 Å². The van der Waals surface area contributed by atoms with Gasteiger partial charge in [0, 0.05) is 20.0 Å². The standard InChI is InChI=1S/C19H16N4O5/c1-11-21-15(10-20)18(27-11)22-8-6-12(7-9-22)19(26)28-23-16(24)13-4-2-3-5-14(13)17(23)25/h2-5,12H,6-9H2,1H3. The highest BCUT2D eigenvalue weighted by molar-refractivity contribution is 6.20. The first-order valence-corrected chi connectivity index (χ1v) is 8.81. The zero-order valence-corrected chi connectivity index (χ0v) is 15.0. The molecule has 3 heterocycles. The largest absolute Gasteiger partial charge is 0.424 e. The Kier molecular flexibility index (Phi) is 4.31. The fourth-order valence-corrected chi connectivity index (χ4v) is 3.44. The second-order valence-corrected chi connectivity index (χ2v) is 6.62. The number of hydrogen-bond donors (Lipinski definition) is 0. The van der Waals surface area contributed by atoms with E-state index in [0.717, 1.165) is 0 Å². The van der Waals surface area contributed by atoms with Crippen LogP contribution in [0.5, 0.6) is 0 Å². The Morgan fingerprint density at radius 1 is 1.21 bits per heavy atom. The van der Waals surface area contributed by atoms with Crippen LogP contribution < -0.4 is 4.90 Å². The lowest BCUT2D eigenvalue weighted by Crippen LogP contribution is -2.40. The molecule has 0 aliphatic carbocycles. The number of imide groups is 1. The van der Waals surface area contributed by atoms with E-state index >= 15 is 0 Å². The summed E-state index contributed by atoms with van der Waals surface area (Å²) >= 11 is 0. The Morgan fingerprint density at radius 3 is 2.39 bits per heavy atom. The lowest BCUT2D eigenvalue weighted by molar-refractivity contribution is -0.174. The van der Waals surface area contributed by atoms with Crippen molar-refractivity contribution in [3.8, 4) is 6.07 Å². The first-order chi connectivity index (χ1) is 13.5. The Labute approximate surface area is 160 Å². The normalized spacial score (nSPS) is 16.9. The second-order valence-electron chi connectivity index (χ2n) is 6.62. The number of hydroxylamine groups is 2. The minimum absolute atomic E-state index is 0.213. The maximum atomic E-state index is 12.5. The Balaban J connectivity index is 1.39. The van der Waals surface area contributed by atoms with Gasteiger partial charge in [0.2, 0.25) is 11.6 Å². The maximum Gasteiger partial charge on any atom is 0.336 e. The smallest absolute Gasteiger partial charge is 0.336 e. The third kappa shape index (κ3) is 2.89. The number of nitriles is 1. The summed E-state index contributed by atoms with van der Waals surface area (Å²) in [4.78, 5) is 48.1. The third-order valence-corrected chi connectivity index (χ3v) is 4.88. The van der Waals surface area contributed by atoms with Crippen LogP contribution in [0, 0.1) is 24.2 Å². The molecule has 2 aliphatic heterocycles. The minimum atomic E-state index is -0.637. The number of piperidine rings is 1. The second kappa shape index (κ2) is 6.81. The fourth-order valence-electron chi connectivity index (χ4n) is 3.44. The molecule has 0 saturated carbocycles. The van der Waals surface area contributed by atoms with Gasteiger partial charge in [-0.2, -0.15) is 5.26 Å². The predicted molar refractivity (Wildman–Crippen MR) is 93.9 cm³/mol. The van der Waals surface area contributed by atoms with Gasteiger partial charge in [-0.15, -0.1) is 0 Å². The summed E-state index contributed by atoms with van der Waals surface area (Å²) in [6.45, 7) is 2.59. The zero-order chi connectivity index (χ0) is 19.8. The molecule has 28 heavy (non-hydrogen) atoms. The molecule has 1 aromatic heterocycles. The average Bonchev–Trinajstić information content (AvgIpc) is 3.21. The van der Waals surface area contributed by atoms with Crippen molar-refractivity contribution in [3.05, 3.63) is 47.0 Å². The van der Waals surface area contributed by atoms with E-state index in [1.165, 1.54) is 12.1 Å². The molecule has 2 amide bonds. The molecule has 0 unspecified atom stereocenters. The van der Waals surface area contributed by atoms with Gasteiger partial charge >= 0.3 is 5.97 Å². The van der Waals surface area contributed by atoms with Crippen molar-refractivity contribution in [3.63, 3.8) is 0 Å². The van der Waals surface area contributed by atoms with E-state index in [2.05, 4.69) is 4.98 Å². The molecule has 9 nitrogen and oxygen atoms in total. The van der Waals surface area contributed by atoms with Crippen molar-refractivity contribution < 1.29 is 23.6 Å². The quantitative estimate of drug-likeness (QED) is 0.740. The molecule has 9 heteroatoms. The molecule has 1 saturated heterocycles. The Bertz CT molecular complexity index is 979.